The molecule has 9 heteroatoms. The number of hydrogen-bond acceptors (Lipinski definition) is 5. The van der Waals surface area contributed by atoms with Gasteiger partial charge in [0.1, 0.15) is 0 Å². The second kappa shape index (κ2) is 6.62. The maximum absolute atomic E-state index is 12.2. The Morgan fingerprint density at radius 3 is 2.29 bits per heavy atom. The Labute approximate surface area is 129 Å². The molecular formula is C12H18ClNO5S2. The SMILES string of the molecule is CCOC(C)(C)CNS(=O)(=O)c1cccc(S(=O)(=O)Cl)c1. The fraction of sp³-hybridized carbons (Fsp3) is 0.500. The third-order valence-corrected chi connectivity index (χ3v) is 5.37. The molecule has 0 fully saturated rings. The zero-order chi connectivity index (χ0) is 16.3. The zero-order valence-electron chi connectivity index (χ0n) is 12.0. The van der Waals surface area contributed by atoms with Crippen molar-refractivity contribution in [1.29, 1.82) is 0 Å². The Morgan fingerprint density at radius 2 is 1.76 bits per heavy atom. The van der Waals surface area contributed by atoms with Gasteiger partial charge in [-0.25, -0.2) is 21.6 Å². The van der Waals surface area contributed by atoms with E-state index < -0.39 is 24.7 Å². The molecule has 0 aliphatic carbocycles. The van der Waals surface area contributed by atoms with Crippen molar-refractivity contribution in [3.63, 3.8) is 0 Å². The predicted octanol–water partition coefficient (Wildman–Crippen LogP) is 1.71. The number of halogens is 1. The summed E-state index contributed by atoms with van der Waals surface area (Å²) in [5, 5.41) is 0. The van der Waals surface area contributed by atoms with Crippen LogP contribution in [0.4, 0.5) is 0 Å². The molecule has 6 nitrogen and oxygen atoms in total. The van der Waals surface area contributed by atoms with Crippen LogP contribution in [0.5, 0.6) is 0 Å². The molecule has 0 bridgehead atoms. The summed E-state index contributed by atoms with van der Waals surface area (Å²) in [7, 11) is -2.62. The van der Waals surface area contributed by atoms with Crippen LogP contribution < -0.4 is 4.72 Å². The van der Waals surface area contributed by atoms with Crippen LogP contribution in [0.15, 0.2) is 34.1 Å². The van der Waals surface area contributed by atoms with E-state index in [1.54, 1.807) is 13.8 Å². The molecule has 0 amide bonds. The van der Waals surface area contributed by atoms with Gasteiger partial charge in [-0.1, -0.05) is 6.07 Å². The molecule has 1 aromatic carbocycles. The number of rotatable bonds is 7. The molecule has 0 aromatic heterocycles. The summed E-state index contributed by atoms with van der Waals surface area (Å²) in [6.45, 7) is 5.82. The van der Waals surface area contributed by atoms with E-state index in [0.717, 1.165) is 6.07 Å². The molecule has 120 valence electrons. The van der Waals surface area contributed by atoms with Gasteiger partial charge in [0.25, 0.3) is 9.05 Å². The third-order valence-electron chi connectivity index (χ3n) is 2.62. The average Bonchev–Trinajstić information content (AvgIpc) is 2.36. The number of sulfonamides is 1. The standard InChI is InChI=1S/C12H18ClNO5S2/c1-4-19-12(2,3)9-14-21(17,18)11-7-5-6-10(8-11)20(13,15)16/h5-8,14H,4,9H2,1-3H3. The minimum Gasteiger partial charge on any atom is -0.375 e. The summed E-state index contributed by atoms with van der Waals surface area (Å²) in [4.78, 5) is -0.437. The summed E-state index contributed by atoms with van der Waals surface area (Å²) in [5.74, 6) is 0. The first-order chi connectivity index (χ1) is 9.48. The molecular weight excluding hydrogens is 338 g/mol. The highest BCUT2D eigenvalue weighted by Gasteiger charge is 2.23. The highest BCUT2D eigenvalue weighted by molar-refractivity contribution is 8.13. The molecule has 0 aliphatic heterocycles. The van der Waals surface area contributed by atoms with Crippen LogP contribution in [0.1, 0.15) is 20.8 Å². The smallest absolute Gasteiger partial charge is 0.261 e. The van der Waals surface area contributed by atoms with Crippen LogP contribution in [0.3, 0.4) is 0 Å². The molecule has 0 aliphatic rings. The number of hydrogen-bond donors (Lipinski definition) is 1. The van der Waals surface area contributed by atoms with Crippen molar-refractivity contribution in [2.45, 2.75) is 36.2 Å². The molecule has 0 spiro atoms. The molecule has 0 radical (unpaired) electrons. The van der Waals surface area contributed by atoms with Gasteiger partial charge < -0.3 is 4.74 Å². The predicted molar refractivity (Wildman–Crippen MR) is 80.4 cm³/mol. The van der Waals surface area contributed by atoms with Crippen LogP contribution in [0, 0.1) is 0 Å². The van der Waals surface area contributed by atoms with Gasteiger partial charge in [0.2, 0.25) is 10.0 Å². The van der Waals surface area contributed by atoms with Crippen LogP contribution >= 0.6 is 10.7 Å². The first-order valence-electron chi connectivity index (χ1n) is 6.16. The fourth-order valence-electron chi connectivity index (χ4n) is 1.59. The van der Waals surface area contributed by atoms with Crippen molar-refractivity contribution in [3.8, 4) is 0 Å². The Hall–Kier alpha value is -0.670. The number of ether oxygens (including phenoxy) is 1. The topological polar surface area (TPSA) is 89.5 Å². The van der Waals surface area contributed by atoms with Crippen molar-refractivity contribution < 1.29 is 21.6 Å². The van der Waals surface area contributed by atoms with E-state index in [1.807, 2.05) is 6.92 Å². The molecule has 21 heavy (non-hydrogen) atoms. The molecule has 0 saturated carbocycles. The minimum atomic E-state index is -3.98. The van der Waals surface area contributed by atoms with Gasteiger partial charge in [-0.2, -0.15) is 0 Å². The Kier molecular flexibility index (Phi) is 5.79. The van der Waals surface area contributed by atoms with Gasteiger partial charge in [0.05, 0.1) is 15.4 Å². The quantitative estimate of drug-likeness (QED) is 0.752. The van der Waals surface area contributed by atoms with Crippen molar-refractivity contribution in [1.82, 2.24) is 4.72 Å². The maximum atomic E-state index is 12.2. The summed E-state index contributed by atoms with van der Waals surface area (Å²) in [5.41, 5.74) is -0.669. The van der Waals surface area contributed by atoms with E-state index in [0.29, 0.717) is 6.61 Å². The van der Waals surface area contributed by atoms with E-state index in [9.17, 15) is 16.8 Å². The summed E-state index contributed by atoms with van der Waals surface area (Å²) >= 11 is 0. The fourth-order valence-corrected chi connectivity index (χ4v) is 3.70. The monoisotopic (exact) mass is 355 g/mol. The molecule has 0 unspecified atom stereocenters. The molecule has 0 atom stereocenters. The van der Waals surface area contributed by atoms with E-state index >= 15 is 0 Å². The van der Waals surface area contributed by atoms with Crippen LogP contribution in [0.25, 0.3) is 0 Å². The second-order valence-corrected chi connectivity index (χ2v) is 9.26. The normalized spacial score (nSPS) is 13.3. The second-order valence-electron chi connectivity index (χ2n) is 4.93. The molecule has 1 N–H and O–H groups in total. The largest absolute Gasteiger partial charge is 0.375 e. The Morgan fingerprint density at radius 1 is 1.19 bits per heavy atom. The van der Waals surface area contributed by atoms with E-state index in [4.69, 9.17) is 15.4 Å². The summed E-state index contributed by atoms with van der Waals surface area (Å²) in [6.07, 6.45) is 0. The maximum Gasteiger partial charge on any atom is 0.261 e. The zero-order valence-corrected chi connectivity index (χ0v) is 14.3. The lowest BCUT2D eigenvalue weighted by atomic mass is 10.1. The van der Waals surface area contributed by atoms with Gasteiger partial charge in [0.15, 0.2) is 0 Å². The lowest BCUT2D eigenvalue weighted by molar-refractivity contribution is -0.00515. The molecule has 0 saturated heterocycles. The summed E-state index contributed by atoms with van der Waals surface area (Å²) in [6, 6.07) is 4.85. The van der Waals surface area contributed by atoms with Gasteiger partial charge in [-0.3, -0.25) is 0 Å². The van der Waals surface area contributed by atoms with E-state index in [-0.39, 0.29) is 16.3 Å². The van der Waals surface area contributed by atoms with Crippen LogP contribution in [0.2, 0.25) is 0 Å². The highest BCUT2D eigenvalue weighted by Crippen LogP contribution is 2.19. The van der Waals surface area contributed by atoms with Gasteiger partial charge in [-0.15, -0.1) is 0 Å². The van der Waals surface area contributed by atoms with Crippen LogP contribution in [-0.2, 0) is 23.8 Å². The summed E-state index contributed by atoms with van der Waals surface area (Å²) < 4.78 is 54.6. The first-order valence-corrected chi connectivity index (χ1v) is 9.95. The van der Waals surface area contributed by atoms with Gasteiger partial charge >= 0.3 is 0 Å². The average molecular weight is 356 g/mol. The lowest BCUT2D eigenvalue weighted by Crippen LogP contribution is -2.40. The Balaban J connectivity index is 2.99. The van der Waals surface area contributed by atoms with E-state index in [2.05, 4.69) is 4.72 Å². The lowest BCUT2D eigenvalue weighted by Gasteiger charge is -2.24. The van der Waals surface area contributed by atoms with Crippen molar-refractivity contribution in [2.75, 3.05) is 13.2 Å². The number of nitrogens with one attached hydrogen (secondary N) is 1. The van der Waals surface area contributed by atoms with Crippen molar-refractivity contribution in [2.24, 2.45) is 0 Å². The Bertz CT molecular complexity index is 698. The minimum absolute atomic E-state index is 0.0566. The van der Waals surface area contributed by atoms with Crippen molar-refractivity contribution in [3.05, 3.63) is 24.3 Å². The molecule has 0 heterocycles. The first kappa shape index (κ1) is 18.4. The molecule has 1 aromatic rings. The highest BCUT2D eigenvalue weighted by atomic mass is 35.7. The van der Waals surface area contributed by atoms with Crippen molar-refractivity contribution >= 4 is 29.8 Å². The number of benzene rings is 1. The van der Waals surface area contributed by atoms with Gasteiger partial charge in [0, 0.05) is 23.8 Å². The molecule has 1 rings (SSSR count). The van der Waals surface area contributed by atoms with E-state index in [1.165, 1.54) is 18.2 Å². The van der Waals surface area contributed by atoms with Gasteiger partial charge in [-0.05, 0) is 39.0 Å². The third kappa shape index (κ3) is 5.55. The van der Waals surface area contributed by atoms with Crippen LogP contribution in [-0.4, -0.2) is 35.6 Å².